The molecule has 0 aliphatic carbocycles. The Kier molecular flexibility index (Phi) is 5.10. The molecular formula is C23H19FN2O4. The second-order valence-corrected chi connectivity index (χ2v) is 6.87. The van der Waals surface area contributed by atoms with Crippen LogP contribution in [0.2, 0.25) is 0 Å². The molecule has 1 N–H and O–H groups in total. The Hall–Kier alpha value is -3.87. The Labute approximate surface area is 172 Å². The number of aromatic nitrogens is 2. The van der Waals surface area contributed by atoms with Crippen LogP contribution in [0.1, 0.15) is 21.7 Å². The van der Waals surface area contributed by atoms with Gasteiger partial charge in [-0.25, -0.2) is 14.2 Å². The summed E-state index contributed by atoms with van der Waals surface area (Å²) in [6.45, 7) is 1.87. The summed E-state index contributed by atoms with van der Waals surface area (Å²) in [5.74, 6) is 1.02. The standard InChI is InChI=1S/C23H19FN2O4/c1-14-10-17(6-8-19(14)24)30-18-7-9-20-21(12-18)26(2)22(25-20)13-29-16-5-3-4-15(11-16)23(27)28/h3-12H,13H2,1-2H3,(H,27,28). The van der Waals surface area contributed by atoms with Gasteiger partial charge in [-0.05, 0) is 61.0 Å². The van der Waals surface area contributed by atoms with Crippen molar-refractivity contribution in [2.45, 2.75) is 13.5 Å². The molecule has 7 heteroatoms. The van der Waals surface area contributed by atoms with Gasteiger partial charge in [-0.3, -0.25) is 0 Å². The summed E-state index contributed by atoms with van der Waals surface area (Å²) in [5.41, 5.74) is 2.30. The molecule has 0 aliphatic rings. The molecular weight excluding hydrogens is 387 g/mol. The van der Waals surface area contributed by atoms with E-state index in [1.54, 1.807) is 37.3 Å². The molecule has 30 heavy (non-hydrogen) atoms. The van der Waals surface area contributed by atoms with Crippen molar-refractivity contribution in [3.63, 3.8) is 0 Å². The van der Waals surface area contributed by atoms with Crippen molar-refractivity contribution in [1.82, 2.24) is 9.55 Å². The second-order valence-electron chi connectivity index (χ2n) is 6.87. The predicted molar refractivity (Wildman–Crippen MR) is 110 cm³/mol. The van der Waals surface area contributed by atoms with E-state index in [0.29, 0.717) is 28.6 Å². The number of nitrogens with zero attached hydrogens (tertiary/aromatic N) is 2. The largest absolute Gasteiger partial charge is 0.486 e. The summed E-state index contributed by atoms with van der Waals surface area (Å²) < 4.78 is 26.9. The van der Waals surface area contributed by atoms with Gasteiger partial charge in [0.25, 0.3) is 0 Å². The molecule has 0 radical (unpaired) electrons. The van der Waals surface area contributed by atoms with E-state index in [-0.39, 0.29) is 18.0 Å². The van der Waals surface area contributed by atoms with Gasteiger partial charge in [0.1, 0.15) is 35.5 Å². The first kappa shape index (κ1) is 19.4. The molecule has 4 aromatic rings. The normalized spacial score (nSPS) is 10.9. The second kappa shape index (κ2) is 7.87. The highest BCUT2D eigenvalue weighted by molar-refractivity contribution is 5.88. The fourth-order valence-electron chi connectivity index (χ4n) is 3.10. The number of hydrogen-bond acceptors (Lipinski definition) is 4. The summed E-state index contributed by atoms with van der Waals surface area (Å²) in [7, 11) is 1.87. The van der Waals surface area contributed by atoms with Crippen molar-refractivity contribution in [3.8, 4) is 17.2 Å². The number of carboxylic acids is 1. The molecule has 0 amide bonds. The molecule has 0 bridgehead atoms. The molecule has 0 saturated carbocycles. The van der Waals surface area contributed by atoms with Gasteiger partial charge in [-0.2, -0.15) is 0 Å². The van der Waals surface area contributed by atoms with Crippen LogP contribution in [-0.2, 0) is 13.7 Å². The number of carboxylic acid groups (broad SMARTS) is 1. The van der Waals surface area contributed by atoms with Gasteiger partial charge >= 0.3 is 5.97 Å². The van der Waals surface area contributed by atoms with Crippen LogP contribution in [0.5, 0.6) is 17.2 Å². The molecule has 0 atom stereocenters. The molecule has 0 unspecified atom stereocenters. The van der Waals surface area contributed by atoms with Crippen molar-refractivity contribution >= 4 is 17.0 Å². The number of hydrogen-bond donors (Lipinski definition) is 1. The predicted octanol–water partition coefficient (Wildman–Crippen LogP) is 5.09. The quantitative estimate of drug-likeness (QED) is 0.483. The van der Waals surface area contributed by atoms with E-state index in [1.807, 2.05) is 23.7 Å². The molecule has 0 fully saturated rings. The molecule has 4 rings (SSSR count). The molecule has 6 nitrogen and oxygen atoms in total. The van der Waals surface area contributed by atoms with Crippen molar-refractivity contribution in [2.75, 3.05) is 0 Å². The summed E-state index contributed by atoms with van der Waals surface area (Å²) in [4.78, 5) is 15.7. The topological polar surface area (TPSA) is 73.6 Å². The zero-order chi connectivity index (χ0) is 21.3. The maximum absolute atomic E-state index is 13.5. The lowest BCUT2D eigenvalue weighted by molar-refractivity contribution is 0.0696. The highest BCUT2D eigenvalue weighted by Gasteiger charge is 2.11. The van der Waals surface area contributed by atoms with Gasteiger partial charge in [0.15, 0.2) is 0 Å². The Morgan fingerprint density at radius 2 is 1.83 bits per heavy atom. The van der Waals surface area contributed by atoms with Crippen LogP contribution < -0.4 is 9.47 Å². The lowest BCUT2D eigenvalue weighted by Crippen LogP contribution is -2.04. The molecule has 1 aromatic heterocycles. The summed E-state index contributed by atoms with van der Waals surface area (Å²) in [5, 5.41) is 9.09. The van der Waals surface area contributed by atoms with Gasteiger partial charge in [-0.15, -0.1) is 0 Å². The number of halogens is 1. The summed E-state index contributed by atoms with van der Waals surface area (Å²) >= 11 is 0. The van der Waals surface area contributed by atoms with Crippen molar-refractivity contribution in [2.24, 2.45) is 7.05 Å². The molecule has 0 spiro atoms. The number of benzene rings is 3. The van der Waals surface area contributed by atoms with E-state index < -0.39 is 5.97 Å². The molecule has 0 saturated heterocycles. The number of aryl methyl sites for hydroxylation is 2. The number of ether oxygens (including phenoxy) is 2. The van der Waals surface area contributed by atoms with E-state index in [4.69, 9.17) is 14.6 Å². The smallest absolute Gasteiger partial charge is 0.335 e. The highest BCUT2D eigenvalue weighted by Crippen LogP contribution is 2.27. The first-order chi connectivity index (χ1) is 14.4. The Morgan fingerprint density at radius 3 is 2.60 bits per heavy atom. The number of imidazole rings is 1. The summed E-state index contributed by atoms with van der Waals surface area (Å²) in [6, 6.07) is 16.4. The van der Waals surface area contributed by atoms with Gasteiger partial charge in [0.05, 0.1) is 16.6 Å². The van der Waals surface area contributed by atoms with Crippen LogP contribution in [0.4, 0.5) is 4.39 Å². The van der Waals surface area contributed by atoms with Crippen LogP contribution in [0, 0.1) is 12.7 Å². The number of rotatable bonds is 6. The highest BCUT2D eigenvalue weighted by atomic mass is 19.1. The van der Waals surface area contributed by atoms with E-state index in [2.05, 4.69) is 4.98 Å². The third-order valence-corrected chi connectivity index (χ3v) is 4.76. The minimum atomic E-state index is -1.01. The van der Waals surface area contributed by atoms with Gasteiger partial charge in [-0.1, -0.05) is 6.07 Å². The Balaban J connectivity index is 1.54. The van der Waals surface area contributed by atoms with Crippen LogP contribution in [-0.4, -0.2) is 20.6 Å². The van der Waals surface area contributed by atoms with Crippen molar-refractivity contribution in [3.05, 3.63) is 83.4 Å². The number of fused-ring (bicyclic) bond motifs is 1. The SMILES string of the molecule is Cc1cc(Oc2ccc3nc(COc4cccc(C(=O)O)c4)n(C)c3c2)ccc1F. The van der Waals surface area contributed by atoms with Gasteiger partial charge in [0, 0.05) is 13.1 Å². The molecule has 1 heterocycles. The number of aromatic carboxylic acids is 1. The number of carbonyl (C=O) groups is 1. The summed E-state index contributed by atoms with van der Waals surface area (Å²) in [6.07, 6.45) is 0. The third kappa shape index (κ3) is 3.96. The van der Waals surface area contributed by atoms with Crippen molar-refractivity contribution in [1.29, 1.82) is 0 Å². The van der Waals surface area contributed by atoms with E-state index in [1.165, 1.54) is 18.2 Å². The monoisotopic (exact) mass is 406 g/mol. The zero-order valence-corrected chi connectivity index (χ0v) is 16.4. The first-order valence-corrected chi connectivity index (χ1v) is 9.26. The Morgan fingerprint density at radius 1 is 1.07 bits per heavy atom. The van der Waals surface area contributed by atoms with Crippen LogP contribution in [0.15, 0.2) is 60.7 Å². The van der Waals surface area contributed by atoms with E-state index in [0.717, 1.165) is 11.0 Å². The first-order valence-electron chi connectivity index (χ1n) is 9.26. The van der Waals surface area contributed by atoms with Gasteiger partial charge in [0.2, 0.25) is 0 Å². The van der Waals surface area contributed by atoms with Crippen LogP contribution in [0.25, 0.3) is 11.0 Å². The minimum absolute atomic E-state index is 0.162. The lowest BCUT2D eigenvalue weighted by Gasteiger charge is -2.08. The van der Waals surface area contributed by atoms with Gasteiger partial charge < -0.3 is 19.1 Å². The zero-order valence-electron chi connectivity index (χ0n) is 16.4. The van der Waals surface area contributed by atoms with E-state index in [9.17, 15) is 9.18 Å². The average molecular weight is 406 g/mol. The maximum atomic E-state index is 13.5. The fraction of sp³-hybridized carbons (Fsp3) is 0.130. The fourth-order valence-corrected chi connectivity index (χ4v) is 3.10. The van der Waals surface area contributed by atoms with E-state index >= 15 is 0 Å². The van der Waals surface area contributed by atoms with Crippen LogP contribution in [0.3, 0.4) is 0 Å². The molecule has 0 aliphatic heterocycles. The lowest BCUT2D eigenvalue weighted by atomic mass is 10.2. The third-order valence-electron chi connectivity index (χ3n) is 4.76. The maximum Gasteiger partial charge on any atom is 0.335 e. The molecule has 152 valence electrons. The van der Waals surface area contributed by atoms with Crippen molar-refractivity contribution < 1.29 is 23.8 Å². The minimum Gasteiger partial charge on any atom is -0.486 e. The van der Waals surface area contributed by atoms with Crippen LogP contribution >= 0.6 is 0 Å². The molecule has 3 aromatic carbocycles. The Bertz CT molecular complexity index is 1250. The average Bonchev–Trinajstić information content (AvgIpc) is 3.05.